The molecule has 0 fully saturated rings. The Morgan fingerprint density at radius 3 is 2.83 bits per heavy atom. The Hall–Kier alpha value is -0.810. The Labute approximate surface area is 80.6 Å². The molecule has 0 saturated heterocycles. The monoisotopic (exact) mass is 244 g/mol. The molecule has 0 aromatic carbocycles. The molecule has 0 amide bonds. The summed E-state index contributed by atoms with van der Waals surface area (Å²) in [6, 6.07) is 1.96. The highest BCUT2D eigenvalue weighted by Crippen LogP contribution is 2.27. The van der Waals surface area contributed by atoms with Crippen molar-refractivity contribution in [3.63, 3.8) is 0 Å². The maximum absolute atomic E-state index is 10.8. The van der Waals surface area contributed by atoms with Crippen LogP contribution in [0.3, 0.4) is 0 Å². The fourth-order valence-corrected chi connectivity index (χ4v) is 2.32. The molecule has 0 saturated carbocycles. The van der Waals surface area contributed by atoms with Gasteiger partial charge in [-0.15, -0.1) is 11.3 Å². The van der Waals surface area contributed by atoms with E-state index in [1.54, 1.807) is 17.5 Å². The molecule has 12 heavy (non-hydrogen) atoms. The Balaban J connectivity index is 2.50. The Morgan fingerprint density at radius 1 is 1.50 bits per heavy atom. The fourth-order valence-electron chi connectivity index (χ4n) is 0.919. The Morgan fingerprint density at radius 2 is 2.33 bits per heavy atom. The van der Waals surface area contributed by atoms with E-state index in [0.717, 1.165) is 15.0 Å². The van der Waals surface area contributed by atoms with Crippen molar-refractivity contribution in [1.82, 2.24) is 9.97 Å². The van der Waals surface area contributed by atoms with Gasteiger partial charge in [-0.25, -0.2) is 4.79 Å². The molecule has 0 atom stereocenters. The van der Waals surface area contributed by atoms with Gasteiger partial charge >= 0.3 is 5.69 Å². The third kappa shape index (κ3) is 1.37. The molecule has 0 aliphatic rings. The van der Waals surface area contributed by atoms with E-state index in [1.165, 1.54) is 0 Å². The van der Waals surface area contributed by atoms with E-state index in [-0.39, 0.29) is 5.69 Å². The maximum atomic E-state index is 10.8. The lowest BCUT2D eigenvalue weighted by molar-refractivity contribution is 1.19. The van der Waals surface area contributed by atoms with Crippen LogP contribution in [0.1, 0.15) is 0 Å². The molecule has 0 radical (unpaired) electrons. The molecule has 0 aliphatic carbocycles. The fraction of sp³-hybridized carbons (Fsp3) is 0. The number of hydrogen-bond donors (Lipinski definition) is 2. The first-order valence-electron chi connectivity index (χ1n) is 3.28. The SMILES string of the molecule is O=c1[nH]cc(-c2cc(Br)cs2)[nH]1. The van der Waals surface area contributed by atoms with Crippen LogP contribution < -0.4 is 5.69 Å². The van der Waals surface area contributed by atoms with Crippen molar-refractivity contribution < 1.29 is 0 Å². The Kier molecular flexibility index (Phi) is 1.90. The first-order chi connectivity index (χ1) is 5.75. The summed E-state index contributed by atoms with van der Waals surface area (Å²) in [7, 11) is 0. The van der Waals surface area contributed by atoms with E-state index in [9.17, 15) is 4.79 Å². The molecule has 2 N–H and O–H groups in total. The summed E-state index contributed by atoms with van der Waals surface area (Å²) < 4.78 is 1.03. The minimum Gasteiger partial charge on any atom is -0.312 e. The number of imidazole rings is 1. The van der Waals surface area contributed by atoms with Crippen molar-refractivity contribution in [3.05, 3.63) is 32.6 Å². The molecule has 62 valence electrons. The van der Waals surface area contributed by atoms with Crippen LogP contribution in [0.25, 0.3) is 10.6 Å². The van der Waals surface area contributed by atoms with Gasteiger partial charge in [0.1, 0.15) is 0 Å². The highest BCUT2D eigenvalue weighted by atomic mass is 79.9. The molecule has 0 unspecified atom stereocenters. The quantitative estimate of drug-likeness (QED) is 0.794. The molecule has 2 aromatic heterocycles. The second-order valence-electron chi connectivity index (χ2n) is 2.29. The number of thiophene rings is 1. The second-order valence-corrected chi connectivity index (χ2v) is 4.11. The third-order valence-electron chi connectivity index (χ3n) is 1.43. The van der Waals surface area contributed by atoms with Crippen LogP contribution in [0, 0.1) is 0 Å². The van der Waals surface area contributed by atoms with Gasteiger partial charge in [0.05, 0.1) is 10.6 Å². The summed E-state index contributed by atoms with van der Waals surface area (Å²) in [6.07, 6.45) is 1.67. The third-order valence-corrected chi connectivity index (χ3v) is 3.15. The lowest BCUT2D eigenvalue weighted by atomic mass is 10.4. The average molecular weight is 245 g/mol. The van der Waals surface area contributed by atoms with Gasteiger partial charge < -0.3 is 9.97 Å². The van der Waals surface area contributed by atoms with Crippen molar-refractivity contribution in [3.8, 4) is 10.6 Å². The predicted molar refractivity (Wildman–Crippen MR) is 52.4 cm³/mol. The van der Waals surface area contributed by atoms with Crippen molar-refractivity contribution in [2.24, 2.45) is 0 Å². The minimum absolute atomic E-state index is 0.172. The van der Waals surface area contributed by atoms with Crippen molar-refractivity contribution in [1.29, 1.82) is 0 Å². The highest BCUT2D eigenvalue weighted by Gasteiger charge is 2.02. The highest BCUT2D eigenvalue weighted by molar-refractivity contribution is 9.10. The zero-order chi connectivity index (χ0) is 8.55. The van der Waals surface area contributed by atoms with E-state index in [0.29, 0.717) is 0 Å². The molecule has 5 heteroatoms. The number of halogens is 1. The summed E-state index contributed by atoms with van der Waals surface area (Å²) in [5.41, 5.74) is 0.658. The van der Waals surface area contributed by atoms with Crippen LogP contribution in [-0.4, -0.2) is 9.97 Å². The van der Waals surface area contributed by atoms with Crippen LogP contribution in [0.15, 0.2) is 26.9 Å². The van der Waals surface area contributed by atoms with Crippen LogP contribution >= 0.6 is 27.3 Å². The van der Waals surface area contributed by atoms with Gasteiger partial charge in [-0.1, -0.05) is 0 Å². The molecule has 2 aromatic rings. The number of aromatic nitrogens is 2. The summed E-state index contributed by atoms with van der Waals surface area (Å²) >= 11 is 4.92. The molecular weight excluding hydrogens is 240 g/mol. The van der Waals surface area contributed by atoms with E-state index in [4.69, 9.17) is 0 Å². The van der Waals surface area contributed by atoms with E-state index in [2.05, 4.69) is 25.9 Å². The van der Waals surface area contributed by atoms with Gasteiger partial charge in [-0.05, 0) is 22.0 Å². The van der Waals surface area contributed by atoms with E-state index >= 15 is 0 Å². The van der Waals surface area contributed by atoms with Gasteiger partial charge in [0.25, 0.3) is 0 Å². The number of H-pyrrole nitrogens is 2. The summed E-state index contributed by atoms with van der Waals surface area (Å²) in [6.45, 7) is 0. The first kappa shape index (κ1) is 7.82. The smallest absolute Gasteiger partial charge is 0.312 e. The zero-order valence-electron chi connectivity index (χ0n) is 5.93. The van der Waals surface area contributed by atoms with E-state index < -0.39 is 0 Å². The molecule has 3 nitrogen and oxygen atoms in total. The summed E-state index contributed by atoms with van der Waals surface area (Å²) in [4.78, 5) is 17.0. The summed E-state index contributed by atoms with van der Waals surface area (Å²) in [5.74, 6) is 0. The second kappa shape index (κ2) is 2.91. The largest absolute Gasteiger partial charge is 0.323 e. The topological polar surface area (TPSA) is 48.6 Å². The molecule has 0 spiro atoms. The normalized spacial score (nSPS) is 10.4. The number of aromatic amines is 2. The molecule has 0 aliphatic heterocycles. The Bertz CT molecular complexity index is 442. The lowest BCUT2D eigenvalue weighted by Crippen LogP contribution is -1.99. The standard InChI is InChI=1S/C7H5BrN2OS/c8-4-1-6(12-3-4)5-2-9-7(11)10-5/h1-3H,(H2,9,10,11). The lowest BCUT2D eigenvalue weighted by Gasteiger charge is -1.85. The zero-order valence-corrected chi connectivity index (χ0v) is 8.33. The van der Waals surface area contributed by atoms with Gasteiger partial charge in [0.2, 0.25) is 0 Å². The van der Waals surface area contributed by atoms with Gasteiger partial charge in [0.15, 0.2) is 0 Å². The minimum atomic E-state index is -0.172. The predicted octanol–water partition coefficient (Wildman–Crippen LogP) is 2.19. The van der Waals surface area contributed by atoms with Crippen molar-refractivity contribution >= 4 is 27.3 Å². The molecule has 2 rings (SSSR count). The van der Waals surface area contributed by atoms with Crippen molar-refractivity contribution in [2.75, 3.05) is 0 Å². The van der Waals surface area contributed by atoms with Gasteiger partial charge in [-0.3, -0.25) is 0 Å². The maximum Gasteiger partial charge on any atom is 0.323 e. The van der Waals surface area contributed by atoms with Crippen LogP contribution in [0.2, 0.25) is 0 Å². The molecular formula is C7H5BrN2OS. The molecule has 0 bridgehead atoms. The van der Waals surface area contributed by atoms with Crippen LogP contribution in [0.5, 0.6) is 0 Å². The summed E-state index contributed by atoms with van der Waals surface area (Å²) in [5, 5.41) is 1.97. The van der Waals surface area contributed by atoms with E-state index in [1.807, 2.05) is 11.4 Å². The number of nitrogens with one attached hydrogen (secondary N) is 2. The van der Waals surface area contributed by atoms with Crippen LogP contribution in [-0.2, 0) is 0 Å². The van der Waals surface area contributed by atoms with Gasteiger partial charge in [-0.2, -0.15) is 0 Å². The van der Waals surface area contributed by atoms with Crippen molar-refractivity contribution in [2.45, 2.75) is 0 Å². The number of rotatable bonds is 1. The number of hydrogen-bond acceptors (Lipinski definition) is 2. The average Bonchev–Trinajstić information content (AvgIpc) is 2.58. The first-order valence-corrected chi connectivity index (χ1v) is 4.95. The molecule has 2 heterocycles. The van der Waals surface area contributed by atoms with Crippen LogP contribution in [0.4, 0.5) is 0 Å². The van der Waals surface area contributed by atoms with Gasteiger partial charge in [0, 0.05) is 16.0 Å².